The van der Waals surface area contributed by atoms with Gasteiger partial charge in [-0.1, -0.05) is 0 Å². The molecule has 0 fully saturated rings. The van der Waals surface area contributed by atoms with Gasteiger partial charge in [0.05, 0.1) is 10.5 Å². The van der Waals surface area contributed by atoms with Crippen molar-refractivity contribution in [2.24, 2.45) is 0 Å². The van der Waals surface area contributed by atoms with Crippen molar-refractivity contribution in [3.8, 4) is 6.07 Å². The van der Waals surface area contributed by atoms with Gasteiger partial charge in [0.15, 0.2) is 6.10 Å². The number of nitrogens with zero attached hydrogens (tertiary/aromatic N) is 1. The van der Waals surface area contributed by atoms with Gasteiger partial charge in [-0.15, -0.1) is 0 Å². The number of rotatable bonds is 4. The fourth-order valence-electron chi connectivity index (χ4n) is 1.14. The van der Waals surface area contributed by atoms with E-state index in [-0.39, 0.29) is 0 Å². The SMILES string of the molecule is N#Cc1cc(S(=O)(=O)NCC(O)C(F)(F)F)ccc1F. The molecule has 10 heteroatoms. The summed E-state index contributed by atoms with van der Waals surface area (Å²) in [5.41, 5.74) is -0.566. The van der Waals surface area contributed by atoms with Crippen LogP contribution in [0.25, 0.3) is 0 Å². The van der Waals surface area contributed by atoms with Crippen LogP contribution in [0.15, 0.2) is 23.1 Å². The van der Waals surface area contributed by atoms with Crippen LogP contribution in [0.4, 0.5) is 17.6 Å². The van der Waals surface area contributed by atoms with Crippen LogP contribution in [0.2, 0.25) is 0 Å². The van der Waals surface area contributed by atoms with E-state index in [1.54, 1.807) is 0 Å². The van der Waals surface area contributed by atoms with Gasteiger partial charge in [0.1, 0.15) is 11.9 Å². The van der Waals surface area contributed by atoms with E-state index >= 15 is 0 Å². The molecule has 1 aromatic carbocycles. The van der Waals surface area contributed by atoms with E-state index in [4.69, 9.17) is 10.4 Å². The molecule has 0 bridgehead atoms. The van der Waals surface area contributed by atoms with E-state index in [0.717, 1.165) is 6.07 Å². The summed E-state index contributed by atoms with van der Waals surface area (Å²) in [7, 11) is -4.39. The highest BCUT2D eigenvalue weighted by molar-refractivity contribution is 7.89. The highest BCUT2D eigenvalue weighted by Gasteiger charge is 2.38. The first-order valence-corrected chi connectivity index (χ1v) is 6.50. The van der Waals surface area contributed by atoms with Crippen molar-refractivity contribution in [2.45, 2.75) is 17.2 Å². The number of sulfonamides is 1. The second kappa shape index (κ2) is 5.74. The van der Waals surface area contributed by atoms with Gasteiger partial charge < -0.3 is 5.11 Å². The summed E-state index contributed by atoms with van der Waals surface area (Å²) in [6, 6.07) is 3.57. The molecule has 0 saturated carbocycles. The Labute approximate surface area is 111 Å². The number of halogens is 4. The van der Waals surface area contributed by atoms with Crippen molar-refractivity contribution in [1.82, 2.24) is 4.72 Å². The summed E-state index contributed by atoms with van der Waals surface area (Å²) in [6.45, 7) is -1.29. The molecule has 1 rings (SSSR count). The standard InChI is InChI=1S/C10H8F4N2O3S/c11-8-2-1-7(3-6(8)4-15)20(18,19)16-5-9(17)10(12,13)14/h1-3,9,16-17H,5H2. The zero-order valence-electron chi connectivity index (χ0n) is 9.65. The van der Waals surface area contributed by atoms with Gasteiger partial charge in [-0.05, 0) is 18.2 Å². The van der Waals surface area contributed by atoms with E-state index in [1.807, 2.05) is 0 Å². The van der Waals surface area contributed by atoms with Crippen LogP contribution < -0.4 is 4.72 Å². The minimum absolute atomic E-state index is 0.566. The molecule has 1 atom stereocenters. The minimum Gasteiger partial charge on any atom is -0.382 e. The molecule has 0 heterocycles. The van der Waals surface area contributed by atoms with Gasteiger partial charge in [0, 0.05) is 6.54 Å². The summed E-state index contributed by atoms with van der Waals surface area (Å²) in [5.74, 6) is -0.957. The first-order chi connectivity index (χ1) is 9.08. The number of aliphatic hydroxyl groups excluding tert-OH is 1. The molecule has 20 heavy (non-hydrogen) atoms. The van der Waals surface area contributed by atoms with E-state index in [0.29, 0.717) is 12.1 Å². The van der Waals surface area contributed by atoms with Crippen LogP contribution in [-0.4, -0.2) is 32.3 Å². The summed E-state index contributed by atoms with van der Waals surface area (Å²) >= 11 is 0. The van der Waals surface area contributed by atoms with E-state index in [9.17, 15) is 26.0 Å². The fourth-order valence-corrected chi connectivity index (χ4v) is 2.21. The molecule has 2 N–H and O–H groups in total. The topological polar surface area (TPSA) is 90.2 Å². The minimum atomic E-state index is -4.97. The zero-order chi connectivity index (χ0) is 15.6. The number of aliphatic hydroxyl groups is 1. The van der Waals surface area contributed by atoms with Crippen molar-refractivity contribution in [3.05, 3.63) is 29.6 Å². The molecule has 0 spiro atoms. The average molecular weight is 312 g/mol. The normalized spacial score (nSPS) is 13.8. The lowest BCUT2D eigenvalue weighted by atomic mass is 10.2. The smallest absolute Gasteiger partial charge is 0.382 e. The second-order valence-corrected chi connectivity index (χ2v) is 5.43. The van der Waals surface area contributed by atoms with Crippen molar-refractivity contribution in [1.29, 1.82) is 5.26 Å². The van der Waals surface area contributed by atoms with Crippen LogP contribution in [0, 0.1) is 17.1 Å². The highest BCUT2D eigenvalue weighted by atomic mass is 32.2. The monoisotopic (exact) mass is 312 g/mol. The number of nitrogens with one attached hydrogen (secondary N) is 1. The maximum absolute atomic E-state index is 13.0. The first kappa shape index (κ1) is 16.4. The van der Waals surface area contributed by atoms with Crippen LogP contribution >= 0.6 is 0 Å². The molecule has 1 aromatic rings. The number of benzene rings is 1. The Hall–Kier alpha value is -1.70. The van der Waals surface area contributed by atoms with Gasteiger partial charge in [-0.25, -0.2) is 17.5 Å². The summed E-state index contributed by atoms with van der Waals surface area (Å²) in [5, 5.41) is 17.2. The third kappa shape index (κ3) is 3.89. The Kier molecular flexibility index (Phi) is 4.69. The van der Waals surface area contributed by atoms with Crippen molar-refractivity contribution < 1.29 is 31.1 Å². The Bertz CT molecular complexity index is 637. The molecule has 5 nitrogen and oxygen atoms in total. The molecule has 0 radical (unpaired) electrons. The molecule has 0 amide bonds. The largest absolute Gasteiger partial charge is 0.415 e. The lowest BCUT2D eigenvalue weighted by molar-refractivity contribution is -0.200. The highest BCUT2D eigenvalue weighted by Crippen LogP contribution is 2.20. The molecule has 0 aliphatic rings. The molecule has 0 saturated heterocycles. The van der Waals surface area contributed by atoms with E-state index in [1.165, 1.54) is 10.8 Å². The van der Waals surface area contributed by atoms with Crippen LogP contribution in [-0.2, 0) is 10.0 Å². The first-order valence-electron chi connectivity index (χ1n) is 5.02. The predicted octanol–water partition coefficient (Wildman–Crippen LogP) is 0.899. The van der Waals surface area contributed by atoms with Gasteiger partial charge in [-0.3, -0.25) is 0 Å². The Morgan fingerprint density at radius 1 is 1.40 bits per heavy atom. The Morgan fingerprint density at radius 2 is 2.00 bits per heavy atom. The molecule has 0 aromatic heterocycles. The molecule has 0 aliphatic carbocycles. The number of nitriles is 1. The number of alkyl halides is 3. The maximum atomic E-state index is 13.0. The van der Waals surface area contributed by atoms with Crippen LogP contribution in [0.5, 0.6) is 0 Å². The number of hydrogen-bond donors (Lipinski definition) is 2. The van der Waals surface area contributed by atoms with Gasteiger partial charge >= 0.3 is 6.18 Å². The maximum Gasteiger partial charge on any atom is 0.415 e. The van der Waals surface area contributed by atoms with Gasteiger partial charge in [-0.2, -0.15) is 18.4 Å². The van der Waals surface area contributed by atoms with Crippen LogP contribution in [0.1, 0.15) is 5.56 Å². The van der Waals surface area contributed by atoms with Crippen molar-refractivity contribution in [2.75, 3.05) is 6.54 Å². The second-order valence-electron chi connectivity index (χ2n) is 3.66. The van der Waals surface area contributed by atoms with Gasteiger partial charge in [0.2, 0.25) is 10.0 Å². The Balaban J connectivity index is 2.93. The quantitative estimate of drug-likeness (QED) is 0.808. The number of hydrogen-bond acceptors (Lipinski definition) is 4. The predicted molar refractivity (Wildman–Crippen MR) is 58.4 cm³/mol. The zero-order valence-corrected chi connectivity index (χ0v) is 10.5. The lowest BCUT2D eigenvalue weighted by Crippen LogP contribution is -2.40. The third-order valence-corrected chi connectivity index (χ3v) is 3.63. The molecular weight excluding hydrogens is 304 g/mol. The third-order valence-electron chi connectivity index (χ3n) is 2.21. The average Bonchev–Trinajstić information content (AvgIpc) is 2.35. The van der Waals surface area contributed by atoms with Crippen LogP contribution in [0.3, 0.4) is 0 Å². The molecule has 1 unspecified atom stereocenters. The lowest BCUT2D eigenvalue weighted by Gasteiger charge is -2.15. The summed E-state index contributed by atoms with van der Waals surface area (Å²) in [6.07, 6.45) is -7.84. The van der Waals surface area contributed by atoms with Crippen molar-refractivity contribution in [3.63, 3.8) is 0 Å². The molecule has 110 valence electrons. The molecular formula is C10H8F4N2O3S. The molecule has 0 aliphatic heterocycles. The Morgan fingerprint density at radius 3 is 2.50 bits per heavy atom. The summed E-state index contributed by atoms with van der Waals surface area (Å²) in [4.78, 5) is -0.579. The fraction of sp³-hybridized carbons (Fsp3) is 0.300. The summed E-state index contributed by atoms with van der Waals surface area (Å²) < 4.78 is 73.8. The van der Waals surface area contributed by atoms with Crippen molar-refractivity contribution >= 4 is 10.0 Å². The van der Waals surface area contributed by atoms with E-state index in [2.05, 4.69) is 0 Å². The van der Waals surface area contributed by atoms with Gasteiger partial charge in [0.25, 0.3) is 0 Å². The van der Waals surface area contributed by atoms with E-state index < -0.39 is 45.1 Å².